The largest absolute Gasteiger partial charge is 0.494 e. The van der Waals surface area contributed by atoms with E-state index in [9.17, 15) is 19.5 Å². The molecule has 2 aromatic carbocycles. The second-order valence-electron chi connectivity index (χ2n) is 8.89. The molecule has 7 nitrogen and oxygen atoms in total. The lowest BCUT2D eigenvalue weighted by Crippen LogP contribution is -2.44. The van der Waals surface area contributed by atoms with Gasteiger partial charge >= 0.3 is 5.97 Å². The number of nitrogens with zero attached hydrogens (tertiary/aromatic N) is 1. The van der Waals surface area contributed by atoms with Gasteiger partial charge in [-0.05, 0) is 90.1 Å². The van der Waals surface area contributed by atoms with Crippen molar-refractivity contribution in [1.82, 2.24) is 10.2 Å². The van der Waals surface area contributed by atoms with Crippen molar-refractivity contribution >= 4 is 40.4 Å². The number of hydrogen-bond acceptors (Lipinski definition) is 4. The molecule has 1 aliphatic heterocycles. The van der Waals surface area contributed by atoms with Gasteiger partial charge in [0.1, 0.15) is 11.8 Å². The van der Waals surface area contributed by atoms with E-state index in [0.29, 0.717) is 32.5 Å². The minimum absolute atomic E-state index is 0.130. The first kappa shape index (κ1) is 27.0. The average molecular weight is 592 g/mol. The van der Waals surface area contributed by atoms with Gasteiger partial charge in [-0.3, -0.25) is 9.59 Å². The molecule has 0 saturated carbocycles. The molecule has 8 heteroatoms. The Labute approximate surface area is 220 Å². The number of nitrogens with one attached hydrogen (secondary N) is 1. The highest BCUT2D eigenvalue weighted by Crippen LogP contribution is 2.22. The van der Waals surface area contributed by atoms with Gasteiger partial charge in [0.2, 0.25) is 11.8 Å². The molecule has 1 saturated heterocycles. The molecule has 0 bridgehead atoms. The number of carbonyl (C=O) groups excluding carboxylic acids is 2. The zero-order valence-corrected chi connectivity index (χ0v) is 22.2. The maximum atomic E-state index is 12.6. The predicted molar refractivity (Wildman–Crippen MR) is 142 cm³/mol. The molecule has 2 aromatic rings. The van der Waals surface area contributed by atoms with Gasteiger partial charge in [-0.1, -0.05) is 24.3 Å². The van der Waals surface area contributed by atoms with Gasteiger partial charge in [0.25, 0.3) is 0 Å². The molecule has 1 aliphatic rings. The Morgan fingerprint density at radius 3 is 2.29 bits per heavy atom. The van der Waals surface area contributed by atoms with E-state index in [4.69, 9.17) is 4.74 Å². The van der Waals surface area contributed by atoms with Crippen molar-refractivity contribution in [3.63, 3.8) is 0 Å². The van der Waals surface area contributed by atoms with Crippen LogP contribution in [-0.4, -0.2) is 53.5 Å². The number of aryl methyl sites for hydroxylation is 1. The summed E-state index contributed by atoms with van der Waals surface area (Å²) < 4.78 is 6.52. The molecule has 1 fully saturated rings. The topological polar surface area (TPSA) is 95.9 Å². The highest BCUT2D eigenvalue weighted by molar-refractivity contribution is 14.1. The molecule has 0 spiro atoms. The van der Waals surface area contributed by atoms with Crippen LogP contribution in [-0.2, 0) is 27.2 Å². The zero-order valence-electron chi connectivity index (χ0n) is 20.0. The third-order valence-electron chi connectivity index (χ3n) is 6.29. The number of ether oxygens (including phenoxy) is 1. The Bertz CT molecular complexity index is 986. The summed E-state index contributed by atoms with van der Waals surface area (Å²) in [5.74, 6) is -0.172. The first-order valence-electron chi connectivity index (χ1n) is 12.1. The first-order valence-corrected chi connectivity index (χ1v) is 13.2. The normalized spacial score (nSPS) is 14.9. The van der Waals surface area contributed by atoms with Crippen LogP contribution in [0.15, 0.2) is 48.5 Å². The van der Waals surface area contributed by atoms with E-state index in [0.717, 1.165) is 33.3 Å². The molecule has 0 unspecified atom stereocenters. The van der Waals surface area contributed by atoms with Crippen LogP contribution in [0, 0.1) is 9.49 Å². The SMILES string of the molecule is CCOc1ccc(CCC(=O)N2CCC(CC(=O)N[C@@H](Cc3ccc(I)cc3)C(=O)O)CC2)cc1. The number of halogens is 1. The number of piperidine rings is 1. The summed E-state index contributed by atoms with van der Waals surface area (Å²) in [7, 11) is 0. The number of benzene rings is 2. The quantitative estimate of drug-likeness (QED) is 0.384. The van der Waals surface area contributed by atoms with Gasteiger partial charge in [0.05, 0.1) is 6.61 Å². The third-order valence-corrected chi connectivity index (χ3v) is 7.01. The molecule has 2 N–H and O–H groups in total. The molecular weight excluding hydrogens is 559 g/mol. The molecule has 0 aromatic heterocycles. The van der Waals surface area contributed by atoms with Crippen molar-refractivity contribution in [2.45, 2.75) is 51.5 Å². The van der Waals surface area contributed by atoms with Crippen LogP contribution >= 0.6 is 22.6 Å². The lowest BCUT2D eigenvalue weighted by atomic mass is 9.92. The summed E-state index contributed by atoms with van der Waals surface area (Å²) in [6.45, 7) is 3.83. The molecular formula is C27H33IN2O5. The van der Waals surface area contributed by atoms with E-state index in [1.54, 1.807) is 0 Å². The minimum Gasteiger partial charge on any atom is -0.494 e. The van der Waals surface area contributed by atoms with Crippen LogP contribution in [0.1, 0.15) is 43.7 Å². The van der Waals surface area contributed by atoms with E-state index in [-0.39, 0.29) is 30.6 Å². The van der Waals surface area contributed by atoms with Gasteiger partial charge < -0.3 is 20.1 Å². The second-order valence-corrected chi connectivity index (χ2v) is 10.1. The monoisotopic (exact) mass is 592 g/mol. The number of rotatable bonds is 11. The lowest BCUT2D eigenvalue weighted by molar-refractivity contribution is -0.142. The molecule has 1 atom stereocenters. The van der Waals surface area contributed by atoms with Crippen LogP contribution < -0.4 is 10.1 Å². The second kappa shape index (κ2) is 13.5. The van der Waals surface area contributed by atoms with E-state index in [1.807, 2.05) is 60.4 Å². The molecule has 0 radical (unpaired) electrons. The van der Waals surface area contributed by atoms with Crippen LogP contribution in [0.5, 0.6) is 5.75 Å². The minimum atomic E-state index is -1.04. The summed E-state index contributed by atoms with van der Waals surface area (Å²) >= 11 is 2.20. The number of likely N-dealkylation sites (tertiary alicyclic amines) is 1. The number of hydrogen-bond donors (Lipinski definition) is 2. The molecule has 35 heavy (non-hydrogen) atoms. The fraction of sp³-hybridized carbons (Fsp3) is 0.444. The number of carboxylic acids is 1. The fourth-order valence-electron chi connectivity index (χ4n) is 4.29. The summed E-state index contributed by atoms with van der Waals surface area (Å²) in [6, 6.07) is 14.5. The summed E-state index contributed by atoms with van der Waals surface area (Å²) in [4.78, 5) is 38.7. The van der Waals surface area contributed by atoms with Gasteiger partial charge in [-0.2, -0.15) is 0 Å². The number of aliphatic carboxylic acids is 1. The number of amides is 2. The van der Waals surface area contributed by atoms with Crippen molar-refractivity contribution in [1.29, 1.82) is 0 Å². The van der Waals surface area contributed by atoms with E-state index in [2.05, 4.69) is 27.9 Å². The highest BCUT2D eigenvalue weighted by Gasteiger charge is 2.26. The summed E-state index contributed by atoms with van der Waals surface area (Å²) in [6.07, 6.45) is 3.17. The smallest absolute Gasteiger partial charge is 0.326 e. The summed E-state index contributed by atoms with van der Waals surface area (Å²) in [5.41, 5.74) is 1.97. The summed E-state index contributed by atoms with van der Waals surface area (Å²) in [5, 5.41) is 12.2. The zero-order chi connectivity index (χ0) is 25.2. The van der Waals surface area contributed by atoms with E-state index < -0.39 is 12.0 Å². The van der Waals surface area contributed by atoms with Crippen LogP contribution in [0.4, 0.5) is 0 Å². The predicted octanol–water partition coefficient (Wildman–Crippen LogP) is 4.06. The van der Waals surface area contributed by atoms with E-state index in [1.165, 1.54) is 0 Å². The molecule has 2 amide bonds. The van der Waals surface area contributed by atoms with Crippen LogP contribution in [0.25, 0.3) is 0 Å². The van der Waals surface area contributed by atoms with Crippen molar-refractivity contribution in [3.8, 4) is 5.75 Å². The van der Waals surface area contributed by atoms with Crippen molar-refractivity contribution in [3.05, 3.63) is 63.2 Å². The standard InChI is InChI=1S/C27H33IN2O5/c1-2-35-23-10-5-19(6-11-23)7-12-26(32)30-15-13-21(14-16-30)18-25(31)29-24(27(33)34)17-20-3-8-22(28)9-4-20/h3-6,8-11,21,24H,2,7,12-18H2,1H3,(H,29,31)(H,33,34)/t24-/m0/s1. The Morgan fingerprint density at radius 1 is 1.06 bits per heavy atom. The number of carbonyl (C=O) groups is 3. The van der Waals surface area contributed by atoms with Gasteiger partial charge in [0, 0.05) is 35.9 Å². The number of carboxylic acid groups (broad SMARTS) is 1. The first-order chi connectivity index (χ1) is 16.8. The van der Waals surface area contributed by atoms with Crippen LogP contribution in [0.2, 0.25) is 0 Å². The molecule has 188 valence electrons. The van der Waals surface area contributed by atoms with Crippen LogP contribution in [0.3, 0.4) is 0 Å². The van der Waals surface area contributed by atoms with Crippen molar-refractivity contribution in [2.75, 3.05) is 19.7 Å². The maximum absolute atomic E-state index is 12.6. The maximum Gasteiger partial charge on any atom is 0.326 e. The lowest BCUT2D eigenvalue weighted by Gasteiger charge is -2.32. The Morgan fingerprint density at radius 2 is 1.69 bits per heavy atom. The Hall–Kier alpha value is -2.62. The van der Waals surface area contributed by atoms with Gasteiger partial charge in [0.15, 0.2) is 0 Å². The molecule has 0 aliphatic carbocycles. The average Bonchev–Trinajstić information content (AvgIpc) is 2.85. The molecule has 3 rings (SSSR count). The van der Waals surface area contributed by atoms with Gasteiger partial charge in [-0.15, -0.1) is 0 Å². The molecule has 1 heterocycles. The van der Waals surface area contributed by atoms with Crippen molar-refractivity contribution < 1.29 is 24.2 Å². The van der Waals surface area contributed by atoms with E-state index >= 15 is 0 Å². The Balaban J connectivity index is 1.39. The third kappa shape index (κ3) is 8.83. The Kier molecular flexibility index (Phi) is 10.4. The highest BCUT2D eigenvalue weighted by atomic mass is 127. The van der Waals surface area contributed by atoms with Gasteiger partial charge in [-0.25, -0.2) is 4.79 Å². The van der Waals surface area contributed by atoms with Crippen molar-refractivity contribution in [2.24, 2.45) is 5.92 Å². The fourth-order valence-corrected chi connectivity index (χ4v) is 4.65.